The lowest BCUT2D eigenvalue weighted by atomic mass is 9.90. The predicted octanol–water partition coefficient (Wildman–Crippen LogP) is 1.19. The fourth-order valence-electron chi connectivity index (χ4n) is 2.57. The summed E-state index contributed by atoms with van der Waals surface area (Å²) >= 11 is 0. The minimum Gasteiger partial charge on any atom is -0.476 e. The molecule has 0 amide bonds. The summed E-state index contributed by atoms with van der Waals surface area (Å²) in [7, 11) is 0. The number of rotatable bonds is 3. The summed E-state index contributed by atoms with van der Waals surface area (Å²) in [5.74, 6) is 1.01. The number of hydrogen-bond donors (Lipinski definition) is 3. The summed E-state index contributed by atoms with van der Waals surface area (Å²) in [5.41, 5.74) is 6.14. The Balaban J connectivity index is 1.81. The Bertz CT molecular complexity index is 627. The number of aromatic amines is 2. The third-order valence-corrected chi connectivity index (χ3v) is 3.54. The summed E-state index contributed by atoms with van der Waals surface area (Å²) < 4.78 is 5.73. The summed E-state index contributed by atoms with van der Waals surface area (Å²) in [6.07, 6.45) is 6.21. The lowest BCUT2D eigenvalue weighted by Crippen LogP contribution is -2.16. The van der Waals surface area contributed by atoms with Crippen molar-refractivity contribution in [3.63, 3.8) is 0 Å². The van der Waals surface area contributed by atoms with Gasteiger partial charge in [0.2, 0.25) is 11.8 Å². The molecule has 0 saturated heterocycles. The highest BCUT2D eigenvalue weighted by Crippen LogP contribution is 2.25. The monoisotopic (exact) mass is 263 g/mol. The summed E-state index contributed by atoms with van der Waals surface area (Å²) in [6, 6.07) is 0. The van der Waals surface area contributed by atoms with Gasteiger partial charge >= 0.3 is 5.69 Å². The lowest BCUT2D eigenvalue weighted by Gasteiger charge is -2.21. The second kappa shape index (κ2) is 4.91. The first-order valence-corrected chi connectivity index (χ1v) is 6.60. The fraction of sp³-hybridized carbons (Fsp3) is 0.583. The van der Waals surface area contributed by atoms with E-state index in [1.165, 1.54) is 32.1 Å². The fourth-order valence-corrected chi connectivity index (χ4v) is 2.57. The van der Waals surface area contributed by atoms with Crippen LogP contribution in [-0.4, -0.2) is 26.5 Å². The molecule has 0 unspecified atom stereocenters. The molecule has 2 aromatic heterocycles. The highest BCUT2D eigenvalue weighted by atomic mass is 16.5. The van der Waals surface area contributed by atoms with E-state index in [2.05, 4.69) is 19.9 Å². The summed E-state index contributed by atoms with van der Waals surface area (Å²) in [6.45, 7) is 0.610. The number of anilines is 1. The molecular weight excluding hydrogens is 246 g/mol. The maximum Gasteiger partial charge on any atom is 0.325 e. The van der Waals surface area contributed by atoms with Gasteiger partial charge in [0.25, 0.3) is 0 Å². The molecular formula is C12H17N5O2. The normalized spacial score (nSPS) is 16.8. The zero-order valence-corrected chi connectivity index (χ0v) is 10.6. The van der Waals surface area contributed by atoms with Crippen molar-refractivity contribution < 1.29 is 4.74 Å². The zero-order chi connectivity index (χ0) is 13.2. The second-order valence-electron chi connectivity index (χ2n) is 5.00. The first kappa shape index (κ1) is 12.0. The average Bonchev–Trinajstić information content (AvgIpc) is 2.77. The third-order valence-electron chi connectivity index (χ3n) is 3.54. The SMILES string of the molecule is Nc1nc(OCC2CCCCC2)c2[nH]c(=O)[nH]c2n1. The average molecular weight is 263 g/mol. The van der Waals surface area contributed by atoms with E-state index in [-0.39, 0.29) is 11.6 Å². The van der Waals surface area contributed by atoms with Crippen molar-refractivity contribution in [2.45, 2.75) is 32.1 Å². The molecule has 1 aliphatic rings. The smallest absolute Gasteiger partial charge is 0.325 e. The first-order chi connectivity index (χ1) is 9.22. The molecule has 7 nitrogen and oxygen atoms in total. The van der Waals surface area contributed by atoms with E-state index in [1.54, 1.807) is 0 Å². The molecule has 19 heavy (non-hydrogen) atoms. The standard InChI is InChI=1S/C12H17N5O2/c13-11-15-9-8(14-12(18)16-9)10(17-11)19-6-7-4-2-1-3-5-7/h7H,1-6H2,(H4,13,14,15,16,17,18). The van der Waals surface area contributed by atoms with Crippen molar-refractivity contribution in [3.05, 3.63) is 10.5 Å². The number of hydrogen-bond acceptors (Lipinski definition) is 5. The van der Waals surface area contributed by atoms with E-state index in [9.17, 15) is 4.79 Å². The number of imidazole rings is 1. The van der Waals surface area contributed by atoms with Gasteiger partial charge in [-0.1, -0.05) is 19.3 Å². The highest BCUT2D eigenvalue weighted by Gasteiger charge is 2.16. The number of nitrogens with two attached hydrogens (primary N) is 1. The molecule has 1 aliphatic carbocycles. The number of nitrogens with one attached hydrogen (secondary N) is 2. The largest absolute Gasteiger partial charge is 0.476 e. The van der Waals surface area contributed by atoms with E-state index in [0.29, 0.717) is 29.6 Å². The Morgan fingerprint density at radius 2 is 2.00 bits per heavy atom. The maximum absolute atomic E-state index is 11.3. The van der Waals surface area contributed by atoms with Crippen molar-refractivity contribution >= 4 is 17.1 Å². The van der Waals surface area contributed by atoms with Crippen molar-refractivity contribution in [2.75, 3.05) is 12.3 Å². The molecule has 1 fully saturated rings. The van der Waals surface area contributed by atoms with Gasteiger partial charge in [0, 0.05) is 0 Å². The van der Waals surface area contributed by atoms with Crippen LogP contribution in [0.25, 0.3) is 11.2 Å². The first-order valence-electron chi connectivity index (χ1n) is 6.60. The van der Waals surface area contributed by atoms with Gasteiger partial charge in [-0.05, 0) is 18.8 Å². The van der Waals surface area contributed by atoms with E-state index >= 15 is 0 Å². The van der Waals surface area contributed by atoms with E-state index in [1.807, 2.05) is 0 Å². The molecule has 7 heteroatoms. The number of aromatic nitrogens is 4. The number of ether oxygens (including phenoxy) is 1. The van der Waals surface area contributed by atoms with Crippen LogP contribution in [0.4, 0.5) is 5.95 Å². The van der Waals surface area contributed by atoms with E-state index in [0.717, 1.165) is 0 Å². The number of nitrogen functional groups attached to an aromatic ring is 1. The Morgan fingerprint density at radius 1 is 1.21 bits per heavy atom. The van der Waals surface area contributed by atoms with Crippen molar-refractivity contribution in [1.29, 1.82) is 0 Å². The Morgan fingerprint density at radius 3 is 2.79 bits per heavy atom. The summed E-state index contributed by atoms with van der Waals surface area (Å²) in [5, 5.41) is 0. The molecule has 3 rings (SSSR count). The van der Waals surface area contributed by atoms with Gasteiger partial charge < -0.3 is 10.5 Å². The van der Waals surface area contributed by atoms with Gasteiger partial charge in [-0.15, -0.1) is 0 Å². The number of H-pyrrole nitrogens is 2. The van der Waals surface area contributed by atoms with Crippen LogP contribution >= 0.6 is 0 Å². The topological polar surface area (TPSA) is 110 Å². The van der Waals surface area contributed by atoms with Crippen LogP contribution in [0.2, 0.25) is 0 Å². The zero-order valence-electron chi connectivity index (χ0n) is 10.6. The Kier molecular flexibility index (Phi) is 3.10. The van der Waals surface area contributed by atoms with E-state index in [4.69, 9.17) is 10.5 Å². The molecule has 0 spiro atoms. The lowest BCUT2D eigenvalue weighted by molar-refractivity contribution is 0.205. The molecule has 4 N–H and O–H groups in total. The number of nitrogens with zero attached hydrogens (tertiary/aromatic N) is 2. The minimum atomic E-state index is -0.336. The van der Waals surface area contributed by atoms with Gasteiger partial charge in [0.15, 0.2) is 5.65 Å². The molecule has 2 heterocycles. The molecule has 102 valence electrons. The van der Waals surface area contributed by atoms with Gasteiger partial charge in [0.05, 0.1) is 6.61 Å². The van der Waals surface area contributed by atoms with Crippen LogP contribution in [0, 0.1) is 5.92 Å². The van der Waals surface area contributed by atoms with Crippen molar-refractivity contribution in [2.24, 2.45) is 5.92 Å². The quantitative estimate of drug-likeness (QED) is 0.770. The van der Waals surface area contributed by atoms with Crippen molar-refractivity contribution in [1.82, 2.24) is 19.9 Å². The van der Waals surface area contributed by atoms with Crippen LogP contribution in [0.1, 0.15) is 32.1 Å². The predicted molar refractivity (Wildman–Crippen MR) is 71.0 cm³/mol. The summed E-state index contributed by atoms with van der Waals surface area (Å²) in [4.78, 5) is 24.5. The second-order valence-corrected chi connectivity index (χ2v) is 5.00. The Hall–Kier alpha value is -2.05. The van der Waals surface area contributed by atoms with Crippen LogP contribution in [-0.2, 0) is 0 Å². The van der Waals surface area contributed by atoms with Crippen LogP contribution in [0.3, 0.4) is 0 Å². The molecule has 0 aromatic carbocycles. The maximum atomic E-state index is 11.3. The molecule has 2 aromatic rings. The molecule has 0 bridgehead atoms. The number of fused-ring (bicyclic) bond motifs is 1. The van der Waals surface area contributed by atoms with Crippen LogP contribution < -0.4 is 16.2 Å². The van der Waals surface area contributed by atoms with Crippen LogP contribution in [0.5, 0.6) is 5.88 Å². The molecule has 1 saturated carbocycles. The third kappa shape index (κ3) is 2.54. The minimum absolute atomic E-state index is 0.0985. The molecule has 0 aliphatic heterocycles. The molecule has 0 atom stereocenters. The van der Waals surface area contributed by atoms with Crippen LogP contribution in [0.15, 0.2) is 4.79 Å². The van der Waals surface area contributed by atoms with Gasteiger partial charge in [0.1, 0.15) is 5.52 Å². The molecule has 0 radical (unpaired) electrons. The van der Waals surface area contributed by atoms with E-state index < -0.39 is 0 Å². The van der Waals surface area contributed by atoms with Gasteiger partial charge in [-0.3, -0.25) is 9.97 Å². The highest BCUT2D eigenvalue weighted by molar-refractivity contribution is 5.76. The Labute approximate surface area is 109 Å². The van der Waals surface area contributed by atoms with Gasteiger partial charge in [-0.2, -0.15) is 9.97 Å². The van der Waals surface area contributed by atoms with Gasteiger partial charge in [-0.25, -0.2) is 4.79 Å². The van der Waals surface area contributed by atoms with Crippen molar-refractivity contribution in [3.8, 4) is 5.88 Å².